The van der Waals surface area contributed by atoms with Crippen molar-refractivity contribution < 1.29 is 24.0 Å². The maximum atomic E-state index is 12.8. The van der Waals surface area contributed by atoms with Gasteiger partial charge in [0.1, 0.15) is 5.70 Å². The van der Waals surface area contributed by atoms with Crippen LogP contribution in [0.25, 0.3) is 0 Å². The molecule has 0 amide bonds. The predicted octanol–water partition coefficient (Wildman–Crippen LogP) is 7.35. The van der Waals surface area contributed by atoms with Gasteiger partial charge in [-0.2, -0.15) is 0 Å². The zero-order valence-electron chi connectivity index (χ0n) is 22.8. The molecule has 0 saturated heterocycles. The summed E-state index contributed by atoms with van der Waals surface area (Å²) >= 11 is 9.45. The summed E-state index contributed by atoms with van der Waals surface area (Å²) in [5.74, 6) is -0.773. The van der Waals surface area contributed by atoms with Gasteiger partial charge in [0.15, 0.2) is 5.78 Å². The van der Waals surface area contributed by atoms with Crippen molar-refractivity contribution >= 4 is 76.7 Å². The van der Waals surface area contributed by atoms with Crippen LogP contribution in [0.1, 0.15) is 63.0 Å². The number of benzene rings is 3. The molecule has 44 heavy (non-hydrogen) atoms. The Morgan fingerprint density at radius 2 is 1.07 bits per heavy atom. The van der Waals surface area contributed by atoms with E-state index in [9.17, 15) is 24.0 Å². The minimum atomic E-state index is -0.223. The number of allylic oxidation sites excluding steroid dienone is 4. The molecule has 2 aliphatic carbocycles. The van der Waals surface area contributed by atoms with E-state index in [4.69, 9.17) is 0 Å². The van der Waals surface area contributed by atoms with Gasteiger partial charge in [-0.05, 0) is 65.5 Å². The minimum Gasteiger partial charge on any atom is -0.377 e. The van der Waals surface area contributed by atoms with Gasteiger partial charge in [0.05, 0.1) is 19.9 Å². The zero-order valence-corrected chi connectivity index (χ0v) is 27.5. The highest BCUT2D eigenvalue weighted by Crippen LogP contribution is 2.32. The average molecular weight is 777 g/mol. The van der Waals surface area contributed by atoms with Crippen molar-refractivity contribution in [2.45, 2.75) is 13.0 Å². The van der Waals surface area contributed by atoms with Gasteiger partial charge in [0, 0.05) is 46.3 Å². The number of rotatable bonds is 6. The van der Waals surface area contributed by atoms with Gasteiger partial charge in [-0.15, -0.1) is 0 Å². The van der Waals surface area contributed by atoms with Gasteiger partial charge in [0.2, 0.25) is 23.1 Å². The molecule has 1 aromatic heterocycles. The Hall–Kier alpha value is -4.12. The van der Waals surface area contributed by atoms with Gasteiger partial charge < -0.3 is 5.32 Å². The highest BCUT2D eigenvalue weighted by atomic mass is 79.9. The van der Waals surface area contributed by atoms with Crippen molar-refractivity contribution in [2.24, 2.45) is 0 Å². The SMILES string of the molecule is O=C(Cc1ccccn1)c1ccc(CNC2=C(Br)C(=O)c3ccccc3C2=O)cc1.O=C1C(Br)=C(Br)C(=O)c2ccccc21. The van der Waals surface area contributed by atoms with E-state index in [1.54, 1.807) is 66.9 Å². The first-order valence-electron chi connectivity index (χ1n) is 13.2. The molecule has 0 saturated carbocycles. The average Bonchev–Trinajstić information content (AvgIpc) is 3.06. The molecule has 0 atom stereocenters. The Balaban J connectivity index is 0.000000229. The summed E-state index contributed by atoms with van der Waals surface area (Å²) in [7, 11) is 0. The molecular weight excluding hydrogens is 756 g/mol. The summed E-state index contributed by atoms with van der Waals surface area (Å²) in [6, 6.07) is 26.2. The number of hydrogen-bond acceptors (Lipinski definition) is 7. The summed E-state index contributed by atoms with van der Waals surface area (Å²) in [6.07, 6.45) is 1.91. The van der Waals surface area contributed by atoms with Gasteiger partial charge in [0.25, 0.3) is 0 Å². The summed E-state index contributed by atoms with van der Waals surface area (Å²) in [5, 5.41) is 3.06. The number of hydrogen-bond donors (Lipinski definition) is 1. The van der Waals surface area contributed by atoms with E-state index in [1.807, 2.05) is 30.3 Å². The Morgan fingerprint density at radius 1 is 0.591 bits per heavy atom. The largest absolute Gasteiger partial charge is 0.377 e. The molecule has 0 radical (unpaired) electrons. The number of pyridine rings is 1. The van der Waals surface area contributed by atoms with E-state index in [2.05, 4.69) is 58.1 Å². The molecule has 3 aromatic carbocycles. The van der Waals surface area contributed by atoms with Crippen molar-refractivity contribution in [2.75, 3.05) is 0 Å². The van der Waals surface area contributed by atoms with E-state index in [0.717, 1.165) is 11.3 Å². The molecule has 4 aromatic rings. The van der Waals surface area contributed by atoms with Crippen molar-refractivity contribution in [1.29, 1.82) is 0 Å². The molecule has 10 heteroatoms. The highest BCUT2D eigenvalue weighted by Gasteiger charge is 2.31. The molecular formula is C34H21Br3N2O5. The van der Waals surface area contributed by atoms with Crippen LogP contribution >= 0.6 is 47.8 Å². The lowest BCUT2D eigenvalue weighted by Gasteiger charge is -2.19. The van der Waals surface area contributed by atoms with Gasteiger partial charge >= 0.3 is 0 Å². The Bertz CT molecular complexity index is 1850. The summed E-state index contributed by atoms with van der Waals surface area (Å²) < 4.78 is 0.816. The Labute approximate surface area is 277 Å². The standard InChI is InChI=1S/C24H17BrN2O3.C10H4Br2O2/c25-21-22(24(30)19-7-2-1-6-18(19)23(21)29)27-14-15-8-10-16(11-9-15)20(28)13-17-5-3-4-12-26-17;11-7-8(12)10(14)6-4-2-1-3-5(6)9(7)13/h1-12,27H,13-14H2;1-4H. The lowest BCUT2D eigenvalue weighted by molar-refractivity contribution is 0.0975. The normalized spacial score (nSPS) is 14.1. The van der Waals surface area contributed by atoms with Crippen LogP contribution in [0, 0.1) is 0 Å². The van der Waals surface area contributed by atoms with Crippen molar-refractivity contribution in [1.82, 2.24) is 10.3 Å². The highest BCUT2D eigenvalue weighted by molar-refractivity contribution is 9.14. The molecule has 0 spiro atoms. The second-order valence-corrected chi connectivity index (χ2v) is 12.1. The van der Waals surface area contributed by atoms with Crippen molar-refractivity contribution in [3.8, 4) is 0 Å². The fourth-order valence-electron chi connectivity index (χ4n) is 4.59. The maximum absolute atomic E-state index is 12.8. The number of nitrogens with zero attached hydrogens (tertiary/aromatic N) is 1. The minimum absolute atomic E-state index is 0.0108. The number of nitrogens with one attached hydrogen (secondary N) is 1. The lowest BCUT2D eigenvalue weighted by Crippen LogP contribution is -2.28. The first-order chi connectivity index (χ1) is 21.2. The molecule has 218 valence electrons. The monoisotopic (exact) mass is 774 g/mol. The van der Waals surface area contributed by atoms with Crippen LogP contribution < -0.4 is 5.32 Å². The number of fused-ring (bicyclic) bond motifs is 2. The summed E-state index contributed by atoms with van der Waals surface area (Å²) in [5.41, 5.74) is 4.15. The number of ketones is 5. The Kier molecular flexibility index (Phi) is 9.73. The molecule has 6 rings (SSSR count). The van der Waals surface area contributed by atoms with E-state index < -0.39 is 0 Å². The lowest BCUT2D eigenvalue weighted by atomic mass is 9.92. The van der Waals surface area contributed by atoms with E-state index in [-0.39, 0.29) is 45.5 Å². The third-order valence-corrected chi connectivity index (χ3v) is 9.68. The second-order valence-electron chi connectivity index (χ2n) is 9.70. The van der Waals surface area contributed by atoms with Crippen LogP contribution in [-0.4, -0.2) is 33.9 Å². The molecule has 0 fully saturated rings. The summed E-state index contributed by atoms with van der Waals surface area (Å²) in [4.78, 5) is 65.2. The predicted molar refractivity (Wildman–Crippen MR) is 177 cm³/mol. The molecule has 0 unspecified atom stereocenters. The first kappa shape index (κ1) is 31.3. The first-order valence-corrected chi connectivity index (χ1v) is 15.6. The number of carbonyl (C=O) groups is 5. The fourth-order valence-corrected chi connectivity index (χ4v) is 5.91. The number of halogens is 3. The second kappa shape index (κ2) is 13.7. The van der Waals surface area contributed by atoms with Crippen LogP contribution in [-0.2, 0) is 13.0 Å². The number of carbonyl (C=O) groups excluding carboxylic acids is 5. The Morgan fingerprint density at radius 3 is 1.57 bits per heavy atom. The zero-order chi connectivity index (χ0) is 31.4. The fraction of sp³-hybridized carbons (Fsp3) is 0.0588. The van der Waals surface area contributed by atoms with Crippen molar-refractivity contribution in [3.63, 3.8) is 0 Å². The molecule has 7 nitrogen and oxygen atoms in total. The van der Waals surface area contributed by atoms with Crippen LogP contribution in [0.2, 0.25) is 0 Å². The van der Waals surface area contributed by atoms with Crippen molar-refractivity contribution in [3.05, 3.63) is 155 Å². The maximum Gasteiger partial charge on any atom is 0.210 e. The molecule has 2 aliphatic rings. The summed E-state index contributed by atoms with van der Waals surface area (Å²) in [6.45, 7) is 0.348. The van der Waals surface area contributed by atoms with Crippen LogP contribution in [0.3, 0.4) is 0 Å². The molecule has 0 bridgehead atoms. The van der Waals surface area contributed by atoms with Crippen LogP contribution in [0.15, 0.2) is 116 Å². The number of aromatic nitrogens is 1. The van der Waals surface area contributed by atoms with E-state index in [1.165, 1.54) is 0 Å². The topological polar surface area (TPSA) is 110 Å². The van der Waals surface area contributed by atoms with Gasteiger partial charge in [-0.25, -0.2) is 0 Å². The smallest absolute Gasteiger partial charge is 0.210 e. The van der Waals surface area contributed by atoms with E-state index >= 15 is 0 Å². The molecule has 1 N–H and O–H groups in total. The number of Topliss-reactive ketones (excluding diaryl/α,β-unsaturated/α-hetero) is 5. The van der Waals surface area contributed by atoms with Gasteiger partial charge in [-0.1, -0.05) is 78.9 Å². The van der Waals surface area contributed by atoms with Crippen LogP contribution in [0.5, 0.6) is 0 Å². The van der Waals surface area contributed by atoms with E-state index in [0.29, 0.717) is 43.3 Å². The third-order valence-electron chi connectivity index (χ3n) is 6.88. The molecule has 1 heterocycles. The van der Waals surface area contributed by atoms with Crippen LogP contribution in [0.4, 0.5) is 0 Å². The van der Waals surface area contributed by atoms with Gasteiger partial charge in [-0.3, -0.25) is 29.0 Å². The molecule has 0 aliphatic heterocycles. The quantitative estimate of drug-likeness (QED) is 0.204. The third kappa shape index (κ3) is 6.52.